The van der Waals surface area contributed by atoms with Crippen LogP contribution in [0.1, 0.15) is 50.5 Å². The lowest BCUT2D eigenvalue weighted by molar-refractivity contribution is -0.144. The van der Waals surface area contributed by atoms with E-state index in [2.05, 4.69) is 21.4 Å². The molecule has 2 saturated carbocycles. The zero-order chi connectivity index (χ0) is 24.8. The number of rotatable bonds is 8. The van der Waals surface area contributed by atoms with Crippen LogP contribution in [0.25, 0.3) is 0 Å². The number of nitrogens with zero attached hydrogens (tertiary/aromatic N) is 4. The Morgan fingerprint density at radius 3 is 2.54 bits per heavy atom. The smallest absolute Gasteiger partial charge is 0.325 e. The number of aromatic nitrogens is 2. The molecular formula is C25H24F3N5O2. The lowest BCUT2D eigenvalue weighted by Gasteiger charge is -2.21. The molecule has 0 bridgehead atoms. The molecule has 3 fully saturated rings. The number of nitrogens with one attached hydrogen (secondary N) is 1. The van der Waals surface area contributed by atoms with E-state index in [1.54, 1.807) is 35.4 Å². The molecule has 0 unspecified atom stereocenters. The Bertz CT molecular complexity index is 1200. The minimum absolute atomic E-state index is 0.141. The van der Waals surface area contributed by atoms with Gasteiger partial charge in [-0.3, -0.25) is 9.59 Å². The van der Waals surface area contributed by atoms with Gasteiger partial charge in [-0.1, -0.05) is 6.07 Å². The van der Waals surface area contributed by atoms with Gasteiger partial charge in [0.2, 0.25) is 5.91 Å². The molecule has 182 valence electrons. The number of ketones is 1. The maximum Gasteiger partial charge on any atom is 0.389 e. The van der Waals surface area contributed by atoms with Gasteiger partial charge < -0.3 is 10.2 Å². The Labute approximate surface area is 200 Å². The molecule has 1 N–H and O–H groups in total. The van der Waals surface area contributed by atoms with E-state index in [1.165, 1.54) is 6.20 Å². The van der Waals surface area contributed by atoms with Gasteiger partial charge in [0.05, 0.1) is 17.9 Å². The van der Waals surface area contributed by atoms with E-state index >= 15 is 0 Å². The molecular weight excluding hydrogens is 459 g/mol. The second-order valence-electron chi connectivity index (χ2n) is 9.64. The molecule has 2 aromatic heterocycles. The van der Waals surface area contributed by atoms with Gasteiger partial charge in [0.15, 0.2) is 0 Å². The SMILES string of the molecule is N#C[C@@]1(C2CC2)CCN(c2ccnc(Nc3ccc(C4(C(=O)CCC(F)(F)F)CC4)cn3)c2)C1=O. The monoisotopic (exact) mass is 483 g/mol. The Balaban J connectivity index is 1.26. The minimum Gasteiger partial charge on any atom is -0.325 e. The highest BCUT2D eigenvalue weighted by Crippen LogP contribution is 2.52. The number of hydrogen-bond donors (Lipinski definition) is 1. The molecule has 7 nitrogen and oxygen atoms in total. The summed E-state index contributed by atoms with van der Waals surface area (Å²) < 4.78 is 37.5. The van der Waals surface area contributed by atoms with Crippen LogP contribution in [0.5, 0.6) is 0 Å². The molecule has 2 aromatic rings. The summed E-state index contributed by atoms with van der Waals surface area (Å²) in [5, 5.41) is 12.8. The summed E-state index contributed by atoms with van der Waals surface area (Å²) in [7, 11) is 0. The fourth-order valence-electron chi connectivity index (χ4n) is 5.02. The molecule has 1 saturated heterocycles. The highest BCUT2D eigenvalue weighted by molar-refractivity contribution is 6.02. The topological polar surface area (TPSA) is 99.0 Å². The van der Waals surface area contributed by atoms with Gasteiger partial charge in [0, 0.05) is 37.1 Å². The van der Waals surface area contributed by atoms with Crippen LogP contribution >= 0.6 is 0 Å². The van der Waals surface area contributed by atoms with Crippen molar-refractivity contribution < 1.29 is 22.8 Å². The van der Waals surface area contributed by atoms with E-state index in [1.807, 2.05) is 0 Å². The molecule has 1 aliphatic heterocycles. The fourth-order valence-corrected chi connectivity index (χ4v) is 5.02. The molecule has 0 aromatic carbocycles. The van der Waals surface area contributed by atoms with E-state index in [0.717, 1.165) is 12.8 Å². The second kappa shape index (κ2) is 8.33. The zero-order valence-electron chi connectivity index (χ0n) is 18.9. The number of amides is 1. The molecule has 3 aliphatic rings. The number of Topliss-reactive ketones (excluding diaryl/α,β-unsaturated/α-hetero) is 1. The minimum atomic E-state index is -4.35. The van der Waals surface area contributed by atoms with Crippen LogP contribution in [0, 0.1) is 22.7 Å². The Morgan fingerprint density at radius 1 is 1.17 bits per heavy atom. The van der Waals surface area contributed by atoms with Crippen LogP contribution in [-0.4, -0.2) is 34.4 Å². The number of hydrogen-bond acceptors (Lipinski definition) is 6. The van der Waals surface area contributed by atoms with Crippen molar-refractivity contribution in [2.24, 2.45) is 11.3 Å². The summed E-state index contributed by atoms with van der Waals surface area (Å²) >= 11 is 0. The third kappa shape index (κ3) is 4.35. The molecule has 5 rings (SSSR count). The van der Waals surface area contributed by atoms with Crippen molar-refractivity contribution in [3.8, 4) is 6.07 Å². The number of carbonyl (C=O) groups excluding carboxylic acids is 2. The van der Waals surface area contributed by atoms with Crippen LogP contribution < -0.4 is 10.2 Å². The molecule has 35 heavy (non-hydrogen) atoms. The van der Waals surface area contributed by atoms with Gasteiger partial charge in [-0.05, 0) is 55.7 Å². The van der Waals surface area contributed by atoms with Crippen molar-refractivity contribution in [1.29, 1.82) is 5.26 Å². The molecule has 1 atom stereocenters. The largest absolute Gasteiger partial charge is 0.389 e. The standard InChI is InChI=1S/C25H24F3N5O2/c26-25(27,28)7-5-19(34)23(8-9-23)17-3-4-20(31-14-17)32-21-13-18(6-11-30-21)33-12-10-24(15-29,22(33)35)16-1-2-16/h3-4,6,11,13-14,16H,1-2,5,7-10,12H2,(H,30,31,32)/t24-/m1/s1. The van der Waals surface area contributed by atoms with Gasteiger partial charge in [-0.2, -0.15) is 18.4 Å². The van der Waals surface area contributed by atoms with Crippen molar-refractivity contribution in [3.63, 3.8) is 0 Å². The van der Waals surface area contributed by atoms with E-state index in [9.17, 15) is 28.0 Å². The fraction of sp³-hybridized carbons (Fsp3) is 0.480. The molecule has 2 aliphatic carbocycles. The van der Waals surface area contributed by atoms with Gasteiger partial charge >= 0.3 is 6.18 Å². The summed E-state index contributed by atoms with van der Waals surface area (Å²) in [6.07, 6.45) is 0.486. The van der Waals surface area contributed by atoms with Gasteiger partial charge in [0.1, 0.15) is 22.8 Å². The summed E-state index contributed by atoms with van der Waals surface area (Å²) in [5.41, 5.74) is -0.522. The van der Waals surface area contributed by atoms with Crippen LogP contribution in [0.15, 0.2) is 36.7 Å². The summed E-state index contributed by atoms with van der Waals surface area (Å²) in [6.45, 7) is 0.476. The first-order valence-electron chi connectivity index (χ1n) is 11.7. The summed E-state index contributed by atoms with van der Waals surface area (Å²) in [5.74, 6) is 0.490. The first-order chi connectivity index (χ1) is 16.7. The van der Waals surface area contributed by atoms with E-state index < -0.39 is 35.6 Å². The van der Waals surface area contributed by atoms with Crippen LogP contribution in [0.2, 0.25) is 0 Å². The first kappa shape index (κ1) is 23.3. The quantitative estimate of drug-likeness (QED) is 0.578. The second-order valence-corrected chi connectivity index (χ2v) is 9.64. The Hall–Kier alpha value is -3.48. The maximum atomic E-state index is 13.1. The van der Waals surface area contributed by atoms with Crippen LogP contribution in [0.4, 0.5) is 30.5 Å². The third-order valence-corrected chi connectivity index (χ3v) is 7.38. The predicted octanol–water partition coefficient (Wildman–Crippen LogP) is 4.82. The number of pyridine rings is 2. The van der Waals surface area contributed by atoms with Crippen molar-refractivity contribution in [2.45, 2.75) is 56.5 Å². The van der Waals surface area contributed by atoms with Crippen molar-refractivity contribution in [3.05, 3.63) is 42.2 Å². The number of carbonyl (C=O) groups is 2. The van der Waals surface area contributed by atoms with E-state index in [0.29, 0.717) is 48.7 Å². The number of alkyl halides is 3. The number of nitriles is 1. The lowest BCUT2D eigenvalue weighted by atomic mass is 9.83. The van der Waals surface area contributed by atoms with Gasteiger partial charge in [-0.25, -0.2) is 9.97 Å². The Kier molecular flexibility index (Phi) is 5.54. The predicted molar refractivity (Wildman–Crippen MR) is 121 cm³/mol. The van der Waals surface area contributed by atoms with E-state index in [-0.39, 0.29) is 11.8 Å². The Morgan fingerprint density at radius 2 is 1.94 bits per heavy atom. The normalized spacial score (nSPS) is 23.1. The zero-order valence-corrected chi connectivity index (χ0v) is 18.9. The first-order valence-corrected chi connectivity index (χ1v) is 11.7. The maximum absolute atomic E-state index is 13.1. The molecule has 0 spiro atoms. The molecule has 3 heterocycles. The average Bonchev–Trinajstić information content (AvgIpc) is 3.76. The highest BCUT2D eigenvalue weighted by atomic mass is 19.4. The lowest BCUT2D eigenvalue weighted by Crippen LogP contribution is -2.35. The van der Waals surface area contributed by atoms with Crippen molar-refractivity contribution in [1.82, 2.24) is 9.97 Å². The highest BCUT2D eigenvalue weighted by Gasteiger charge is 2.56. The number of anilines is 3. The van der Waals surface area contributed by atoms with Crippen molar-refractivity contribution in [2.75, 3.05) is 16.8 Å². The van der Waals surface area contributed by atoms with Gasteiger partial charge in [0.25, 0.3) is 0 Å². The van der Waals surface area contributed by atoms with Crippen molar-refractivity contribution >= 4 is 29.0 Å². The number of halogens is 3. The van der Waals surface area contributed by atoms with Gasteiger partial charge in [-0.15, -0.1) is 0 Å². The van der Waals surface area contributed by atoms with Crippen LogP contribution in [-0.2, 0) is 15.0 Å². The third-order valence-electron chi connectivity index (χ3n) is 7.38. The molecule has 10 heteroatoms. The summed E-state index contributed by atoms with van der Waals surface area (Å²) in [4.78, 5) is 35.8. The van der Waals surface area contributed by atoms with Crippen LogP contribution in [0.3, 0.4) is 0 Å². The van der Waals surface area contributed by atoms with E-state index in [4.69, 9.17) is 0 Å². The molecule has 0 radical (unpaired) electrons. The molecule has 1 amide bonds. The average molecular weight is 483 g/mol. The summed E-state index contributed by atoms with van der Waals surface area (Å²) in [6, 6.07) is 9.09.